The Hall–Kier alpha value is -2.03. The van der Waals surface area contributed by atoms with Crippen LogP contribution >= 0.6 is 0 Å². The molecule has 0 rings (SSSR count). The predicted molar refractivity (Wildman–Crippen MR) is 51.0 cm³/mol. The summed E-state index contributed by atoms with van der Waals surface area (Å²) in [5.74, 6) is -0.526. The monoisotopic (exact) mass is 196 g/mol. The second-order valence-corrected chi connectivity index (χ2v) is 2.51. The van der Waals surface area contributed by atoms with Gasteiger partial charge in [0.15, 0.2) is 0 Å². The number of rotatable bonds is 4. The third-order valence-corrected chi connectivity index (χ3v) is 1.11. The molecule has 0 bridgehead atoms. The lowest BCUT2D eigenvalue weighted by Gasteiger charge is -2.04. The van der Waals surface area contributed by atoms with Gasteiger partial charge in [-0.2, -0.15) is 5.26 Å². The predicted octanol–water partition coefficient (Wildman–Crippen LogP) is -0.339. The van der Waals surface area contributed by atoms with Gasteiger partial charge in [0.25, 0.3) is 5.91 Å². The molecule has 0 saturated heterocycles. The first-order valence-corrected chi connectivity index (χ1v) is 3.76. The highest BCUT2D eigenvalue weighted by atomic mass is 16.6. The Labute approximate surface area is 82.4 Å². The Bertz CT molecular complexity index is 288. The van der Waals surface area contributed by atoms with Gasteiger partial charge in [0.2, 0.25) is 0 Å². The molecule has 0 aliphatic carbocycles. The van der Waals surface area contributed by atoms with Crippen molar-refractivity contribution in [3.63, 3.8) is 0 Å². The zero-order valence-corrected chi connectivity index (χ0v) is 8.31. The van der Waals surface area contributed by atoms with E-state index in [0.717, 1.165) is 6.34 Å². The van der Waals surface area contributed by atoms with Gasteiger partial charge in [-0.05, 0) is 0 Å². The van der Waals surface area contributed by atoms with E-state index in [1.165, 1.54) is 13.3 Å². The maximum Gasteiger partial charge on any atom is 0.268 e. The Kier molecular flexibility index (Phi) is 5.54. The lowest BCUT2D eigenvalue weighted by atomic mass is 10.3. The van der Waals surface area contributed by atoms with Crippen molar-refractivity contribution in [2.75, 3.05) is 21.2 Å². The van der Waals surface area contributed by atoms with Gasteiger partial charge >= 0.3 is 0 Å². The average molecular weight is 196 g/mol. The van der Waals surface area contributed by atoms with E-state index in [0.29, 0.717) is 0 Å². The highest BCUT2D eigenvalue weighted by molar-refractivity contribution is 6.02. The summed E-state index contributed by atoms with van der Waals surface area (Å²) in [6.45, 7) is 0. The molecule has 0 saturated carbocycles. The number of hydrogen-bond donors (Lipinski definition) is 1. The van der Waals surface area contributed by atoms with E-state index in [-0.39, 0.29) is 5.57 Å². The molecule has 6 heteroatoms. The SMILES string of the molecule is CO/N=C/NC(=O)/C(C#N)=C\N(C)C. The first kappa shape index (κ1) is 12.0. The summed E-state index contributed by atoms with van der Waals surface area (Å²) in [5.41, 5.74) is -0.00227. The van der Waals surface area contributed by atoms with E-state index in [4.69, 9.17) is 5.26 Å². The second-order valence-electron chi connectivity index (χ2n) is 2.51. The molecule has 76 valence electrons. The number of oxime groups is 1. The maximum absolute atomic E-state index is 11.2. The molecule has 0 radical (unpaired) electrons. The van der Waals surface area contributed by atoms with Crippen molar-refractivity contribution in [1.82, 2.24) is 10.2 Å². The van der Waals surface area contributed by atoms with E-state index in [9.17, 15) is 4.79 Å². The van der Waals surface area contributed by atoms with Crippen molar-refractivity contribution in [3.8, 4) is 6.07 Å². The minimum atomic E-state index is -0.526. The fraction of sp³-hybridized carbons (Fsp3) is 0.375. The fourth-order valence-electron chi connectivity index (χ4n) is 0.612. The summed E-state index contributed by atoms with van der Waals surface area (Å²) < 4.78 is 0. The van der Waals surface area contributed by atoms with Crippen LogP contribution < -0.4 is 5.32 Å². The first-order valence-electron chi connectivity index (χ1n) is 3.76. The smallest absolute Gasteiger partial charge is 0.268 e. The molecule has 0 spiro atoms. The number of nitrogens with zero attached hydrogens (tertiary/aromatic N) is 3. The van der Waals surface area contributed by atoms with Crippen LogP contribution in [0.15, 0.2) is 16.9 Å². The molecule has 0 aromatic carbocycles. The number of hydrogen-bond acceptors (Lipinski definition) is 5. The Morgan fingerprint density at radius 2 is 2.29 bits per heavy atom. The van der Waals surface area contributed by atoms with Gasteiger partial charge in [-0.25, -0.2) is 0 Å². The molecule has 0 heterocycles. The minimum absolute atomic E-state index is 0.00227. The normalized spacial score (nSPS) is 10.9. The molecule has 14 heavy (non-hydrogen) atoms. The number of nitrogens with one attached hydrogen (secondary N) is 1. The van der Waals surface area contributed by atoms with Gasteiger partial charge in [-0.15, -0.1) is 0 Å². The quantitative estimate of drug-likeness (QED) is 0.219. The van der Waals surface area contributed by atoms with Crippen LogP contribution in [-0.4, -0.2) is 38.4 Å². The highest BCUT2D eigenvalue weighted by Gasteiger charge is 2.06. The molecule has 0 atom stereocenters. The van der Waals surface area contributed by atoms with E-state index in [1.807, 2.05) is 0 Å². The van der Waals surface area contributed by atoms with Crippen LogP contribution in [0.25, 0.3) is 0 Å². The third kappa shape index (κ3) is 4.77. The molecule has 0 aromatic heterocycles. The number of carbonyl (C=O) groups is 1. The van der Waals surface area contributed by atoms with E-state index in [1.54, 1.807) is 25.1 Å². The molecule has 0 aliphatic rings. The van der Waals surface area contributed by atoms with Crippen LogP contribution in [0.5, 0.6) is 0 Å². The second kappa shape index (κ2) is 6.48. The Morgan fingerprint density at radius 3 is 2.71 bits per heavy atom. The number of nitriles is 1. The van der Waals surface area contributed by atoms with E-state index >= 15 is 0 Å². The summed E-state index contributed by atoms with van der Waals surface area (Å²) in [4.78, 5) is 17.1. The summed E-state index contributed by atoms with van der Waals surface area (Å²) in [6, 6.07) is 1.76. The van der Waals surface area contributed by atoms with Gasteiger partial charge in [0.05, 0.1) is 0 Å². The van der Waals surface area contributed by atoms with Gasteiger partial charge < -0.3 is 15.1 Å². The standard InChI is InChI=1S/C8H12N4O2/c1-12(2)5-7(4-9)8(13)10-6-11-14-3/h5-6H,1-3H3,(H,10,11,13)/b7-5-. The lowest BCUT2D eigenvalue weighted by molar-refractivity contribution is -0.115. The summed E-state index contributed by atoms with van der Waals surface area (Å²) in [6.07, 6.45) is 2.49. The molecule has 1 amide bonds. The molecule has 0 unspecified atom stereocenters. The molecule has 0 aromatic rings. The van der Waals surface area contributed by atoms with Crippen molar-refractivity contribution in [3.05, 3.63) is 11.8 Å². The fourth-order valence-corrected chi connectivity index (χ4v) is 0.612. The highest BCUT2D eigenvalue weighted by Crippen LogP contribution is 1.92. The van der Waals surface area contributed by atoms with Gasteiger partial charge in [0, 0.05) is 20.3 Å². The molecule has 0 fully saturated rings. The molecule has 1 N–H and O–H groups in total. The Balaban J connectivity index is 4.35. The van der Waals surface area contributed by atoms with Gasteiger partial charge in [0.1, 0.15) is 25.1 Å². The Morgan fingerprint density at radius 1 is 1.64 bits per heavy atom. The maximum atomic E-state index is 11.2. The minimum Gasteiger partial charge on any atom is -0.398 e. The molecular formula is C8H12N4O2. The zero-order valence-electron chi connectivity index (χ0n) is 8.31. The topological polar surface area (TPSA) is 77.7 Å². The summed E-state index contributed by atoms with van der Waals surface area (Å²) in [5, 5.41) is 14.2. The van der Waals surface area contributed by atoms with Crippen LogP contribution in [0.3, 0.4) is 0 Å². The van der Waals surface area contributed by atoms with Crippen LogP contribution in [-0.2, 0) is 9.63 Å². The van der Waals surface area contributed by atoms with Crippen molar-refractivity contribution in [1.29, 1.82) is 5.26 Å². The molecular weight excluding hydrogens is 184 g/mol. The van der Waals surface area contributed by atoms with Crippen LogP contribution in [0.4, 0.5) is 0 Å². The zero-order chi connectivity index (χ0) is 11.0. The van der Waals surface area contributed by atoms with Crippen molar-refractivity contribution >= 4 is 12.2 Å². The lowest BCUT2D eigenvalue weighted by Crippen LogP contribution is -2.24. The number of amides is 1. The van der Waals surface area contributed by atoms with Crippen LogP contribution in [0.2, 0.25) is 0 Å². The largest absolute Gasteiger partial charge is 0.398 e. The van der Waals surface area contributed by atoms with Gasteiger partial charge in [-0.1, -0.05) is 5.16 Å². The van der Waals surface area contributed by atoms with Crippen molar-refractivity contribution < 1.29 is 9.63 Å². The van der Waals surface area contributed by atoms with Crippen LogP contribution in [0.1, 0.15) is 0 Å². The third-order valence-electron chi connectivity index (χ3n) is 1.11. The average Bonchev–Trinajstić information content (AvgIpc) is 2.14. The summed E-state index contributed by atoms with van der Waals surface area (Å²) in [7, 11) is 4.78. The summed E-state index contributed by atoms with van der Waals surface area (Å²) >= 11 is 0. The first-order chi connectivity index (χ1) is 6.61. The van der Waals surface area contributed by atoms with E-state index in [2.05, 4.69) is 15.3 Å². The van der Waals surface area contributed by atoms with E-state index < -0.39 is 5.91 Å². The molecule has 0 aliphatic heterocycles. The van der Waals surface area contributed by atoms with Crippen LogP contribution in [0, 0.1) is 11.3 Å². The molecule has 6 nitrogen and oxygen atoms in total. The number of carbonyl (C=O) groups excluding carboxylic acids is 1. The van der Waals surface area contributed by atoms with Crippen molar-refractivity contribution in [2.45, 2.75) is 0 Å². The van der Waals surface area contributed by atoms with Crippen molar-refractivity contribution in [2.24, 2.45) is 5.16 Å². The van der Waals surface area contributed by atoms with Gasteiger partial charge in [-0.3, -0.25) is 4.79 Å².